The highest BCUT2D eigenvalue weighted by Gasteiger charge is 2.17. The molecule has 1 aliphatic carbocycles. The highest BCUT2D eigenvalue weighted by Crippen LogP contribution is 2.29. The van der Waals surface area contributed by atoms with Crippen LogP contribution in [0, 0.1) is 0 Å². The highest BCUT2D eigenvalue weighted by atomic mass is 35.5. The fourth-order valence-corrected chi connectivity index (χ4v) is 2.72. The summed E-state index contributed by atoms with van der Waals surface area (Å²) in [6, 6.07) is 5.59. The van der Waals surface area contributed by atoms with Crippen LogP contribution >= 0.6 is 23.2 Å². The van der Waals surface area contributed by atoms with E-state index < -0.39 is 0 Å². The minimum Gasteiger partial charge on any atom is -0.374 e. The first kappa shape index (κ1) is 13.5. The van der Waals surface area contributed by atoms with E-state index in [1.165, 1.54) is 12.8 Å². The predicted octanol–water partition coefficient (Wildman–Crippen LogP) is 3.46. The lowest BCUT2D eigenvalue weighted by atomic mass is 10.2. The fourth-order valence-electron chi connectivity index (χ4n) is 2.18. The van der Waals surface area contributed by atoms with Gasteiger partial charge in [-0.2, -0.15) is 0 Å². The summed E-state index contributed by atoms with van der Waals surface area (Å²) in [6.45, 7) is 0.194. The van der Waals surface area contributed by atoms with Gasteiger partial charge >= 0.3 is 0 Å². The quantitative estimate of drug-likeness (QED) is 0.890. The molecule has 2 rings (SSSR count). The third-order valence-electron chi connectivity index (χ3n) is 3.11. The molecular weight excluding hydrogens is 271 g/mol. The van der Waals surface area contributed by atoms with E-state index in [1.807, 2.05) is 0 Å². The molecule has 5 heteroatoms. The minimum absolute atomic E-state index is 0.0158. The summed E-state index contributed by atoms with van der Waals surface area (Å²) in [5.74, 6) is -0.0158. The SMILES string of the molecule is O=C(CNc1c(Cl)cccc1Cl)NC1CCCC1. The number of para-hydroxylation sites is 1. The van der Waals surface area contributed by atoms with E-state index in [9.17, 15) is 4.79 Å². The standard InChI is InChI=1S/C13H16Cl2N2O/c14-10-6-3-7-11(15)13(10)16-8-12(18)17-9-4-1-2-5-9/h3,6-7,9,16H,1-2,4-5,8H2,(H,17,18). The lowest BCUT2D eigenvalue weighted by molar-refractivity contribution is -0.120. The zero-order chi connectivity index (χ0) is 13.0. The molecular formula is C13H16Cl2N2O. The van der Waals surface area contributed by atoms with Gasteiger partial charge in [-0.1, -0.05) is 42.1 Å². The first-order chi connectivity index (χ1) is 8.66. The van der Waals surface area contributed by atoms with Crippen molar-refractivity contribution >= 4 is 34.8 Å². The molecule has 98 valence electrons. The Balaban J connectivity index is 1.85. The third kappa shape index (κ3) is 3.53. The highest BCUT2D eigenvalue weighted by molar-refractivity contribution is 6.39. The monoisotopic (exact) mass is 286 g/mol. The molecule has 0 aromatic heterocycles. The molecule has 18 heavy (non-hydrogen) atoms. The number of carbonyl (C=O) groups excluding carboxylic acids is 1. The average Bonchev–Trinajstić information content (AvgIpc) is 2.81. The Bertz CT molecular complexity index is 411. The van der Waals surface area contributed by atoms with E-state index in [0.717, 1.165) is 12.8 Å². The molecule has 0 heterocycles. The van der Waals surface area contributed by atoms with Crippen LogP contribution in [-0.2, 0) is 4.79 Å². The number of carbonyl (C=O) groups is 1. The van der Waals surface area contributed by atoms with Crippen LogP contribution in [0.4, 0.5) is 5.69 Å². The van der Waals surface area contributed by atoms with Crippen LogP contribution in [0.2, 0.25) is 10.0 Å². The van der Waals surface area contributed by atoms with Gasteiger partial charge < -0.3 is 10.6 Å². The Morgan fingerprint density at radius 1 is 1.22 bits per heavy atom. The van der Waals surface area contributed by atoms with Crippen molar-refractivity contribution in [1.82, 2.24) is 5.32 Å². The van der Waals surface area contributed by atoms with Gasteiger partial charge in [0, 0.05) is 6.04 Å². The minimum atomic E-state index is -0.0158. The Kier molecular flexibility index (Phi) is 4.72. The summed E-state index contributed by atoms with van der Waals surface area (Å²) < 4.78 is 0. The predicted molar refractivity (Wildman–Crippen MR) is 75.4 cm³/mol. The topological polar surface area (TPSA) is 41.1 Å². The van der Waals surface area contributed by atoms with E-state index in [0.29, 0.717) is 21.8 Å². The van der Waals surface area contributed by atoms with Crippen LogP contribution in [0.15, 0.2) is 18.2 Å². The molecule has 0 radical (unpaired) electrons. The van der Waals surface area contributed by atoms with Crippen molar-refractivity contribution < 1.29 is 4.79 Å². The third-order valence-corrected chi connectivity index (χ3v) is 3.74. The van der Waals surface area contributed by atoms with Crippen LogP contribution in [0.25, 0.3) is 0 Å². The number of amides is 1. The van der Waals surface area contributed by atoms with E-state index in [-0.39, 0.29) is 12.5 Å². The molecule has 3 nitrogen and oxygen atoms in total. The first-order valence-corrected chi connectivity index (χ1v) is 6.89. The molecule has 1 saturated carbocycles. The molecule has 0 atom stereocenters. The van der Waals surface area contributed by atoms with E-state index in [2.05, 4.69) is 10.6 Å². The van der Waals surface area contributed by atoms with Crippen LogP contribution in [-0.4, -0.2) is 18.5 Å². The van der Waals surface area contributed by atoms with Crippen LogP contribution in [0.1, 0.15) is 25.7 Å². The molecule has 2 N–H and O–H groups in total. The molecule has 1 amide bonds. The summed E-state index contributed by atoms with van der Waals surface area (Å²) in [5, 5.41) is 7.03. The van der Waals surface area contributed by atoms with Gasteiger partial charge in [0.05, 0.1) is 22.3 Å². The number of halogens is 2. The van der Waals surface area contributed by atoms with Gasteiger partial charge in [-0.15, -0.1) is 0 Å². The molecule has 1 aliphatic rings. The second-order valence-electron chi connectivity index (χ2n) is 4.50. The van der Waals surface area contributed by atoms with Crippen molar-refractivity contribution in [1.29, 1.82) is 0 Å². The molecule has 0 aliphatic heterocycles. The van der Waals surface area contributed by atoms with E-state index in [1.54, 1.807) is 18.2 Å². The maximum Gasteiger partial charge on any atom is 0.239 e. The first-order valence-electron chi connectivity index (χ1n) is 6.14. The lowest BCUT2D eigenvalue weighted by Crippen LogP contribution is -2.36. The van der Waals surface area contributed by atoms with Crippen molar-refractivity contribution in [3.05, 3.63) is 28.2 Å². The smallest absolute Gasteiger partial charge is 0.239 e. The largest absolute Gasteiger partial charge is 0.374 e. The summed E-state index contributed by atoms with van der Waals surface area (Å²) in [4.78, 5) is 11.7. The molecule has 1 aromatic carbocycles. The lowest BCUT2D eigenvalue weighted by Gasteiger charge is -2.14. The van der Waals surface area contributed by atoms with Crippen molar-refractivity contribution in [2.24, 2.45) is 0 Å². The Morgan fingerprint density at radius 3 is 2.44 bits per heavy atom. The number of hydrogen-bond acceptors (Lipinski definition) is 2. The molecule has 0 bridgehead atoms. The zero-order valence-corrected chi connectivity index (χ0v) is 11.5. The summed E-state index contributed by atoms with van der Waals surface area (Å²) in [5.41, 5.74) is 0.613. The van der Waals surface area contributed by atoms with Crippen LogP contribution < -0.4 is 10.6 Å². The number of nitrogens with one attached hydrogen (secondary N) is 2. The number of anilines is 1. The second kappa shape index (κ2) is 6.30. The summed E-state index contributed by atoms with van der Waals surface area (Å²) in [7, 11) is 0. The van der Waals surface area contributed by atoms with Gasteiger partial charge in [0.15, 0.2) is 0 Å². The summed E-state index contributed by atoms with van der Waals surface area (Å²) >= 11 is 12.0. The van der Waals surface area contributed by atoms with Crippen LogP contribution in [0.3, 0.4) is 0 Å². The number of rotatable bonds is 4. The fraction of sp³-hybridized carbons (Fsp3) is 0.462. The van der Waals surface area contributed by atoms with E-state index in [4.69, 9.17) is 23.2 Å². The normalized spacial score (nSPS) is 15.7. The Hall–Kier alpha value is -0.930. The molecule has 1 aromatic rings. The van der Waals surface area contributed by atoms with Gasteiger partial charge in [0.1, 0.15) is 0 Å². The van der Waals surface area contributed by atoms with Gasteiger partial charge in [0.2, 0.25) is 5.91 Å². The maximum absolute atomic E-state index is 11.7. The van der Waals surface area contributed by atoms with Crippen molar-refractivity contribution in [3.8, 4) is 0 Å². The van der Waals surface area contributed by atoms with Gasteiger partial charge in [-0.05, 0) is 25.0 Å². The van der Waals surface area contributed by atoms with Crippen LogP contribution in [0.5, 0.6) is 0 Å². The number of hydrogen-bond donors (Lipinski definition) is 2. The average molecular weight is 287 g/mol. The zero-order valence-electron chi connectivity index (χ0n) is 10.0. The molecule has 0 unspecified atom stereocenters. The molecule has 0 saturated heterocycles. The molecule has 1 fully saturated rings. The van der Waals surface area contributed by atoms with Crippen molar-refractivity contribution in [3.63, 3.8) is 0 Å². The maximum atomic E-state index is 11.7. The Morgan fingerprint density at radius 2 is 1.83 bits per heavy atom. The molecule has 0 spiro atoms. The second-order valence-corrected chi connectivity index (χ2v) is 5.31. The summed E-state index contributed by atoms with van der Waals surface area (Å²) in [6.07, 6.45) is 4.57. The number of benzene rings is 1. The van der Waals surface area contributed by atoms with Crippen molar-refractivity contribution in [2.75, 3.05) is 11.9 Å². The van der Waals surface area contributed by atoms with E-state index >= 15 is 0 Å². The van der Waals surface area contributed by atoms with Crippen molar-refractivity contribution in [2.45, 2.75) is 31.7 Å². The van der Waals surface area contributed by atoms with Gasteiger partial charge in [-0.25, -0.2) is 0 Å². The Labute approximate surface area is 117 Å². The van der Waals surface area contributed by atoms with Gasteiger partial charge in [-0.3, -0.25) is 4.79 Å². The van der Waals surface area contributed by atoms with Gasteiger partial charge in [0.25, 0.3) is 0 Å².